The Labute approximate surface area is 152 Å². The standard InChI is InChI=1S/C20H19N3OS/c1-15(16-7-3-2-4-8-16)25-14-18(22)11-12-23-20(24)19-10-6-5-9-17(19)13-21/h2-10,14H,1,11-12,22H2,(H,23,24)/b18-14-. The molecule has 126 valence electrons. The first-order chi connectivity index (χ1) is 12.1. The second kappa shape index (κ2) is 9.36. The zero-order valence-electron chi connectivity index (χ0n) is 13.7. The molecule has 0 heterocycles. The van der Waals surface area contributed by atoms with Gasteiger partial charge in [0, 0.05) is 23.6 Å². The number of nitrogens with zero attached hydrogens (tertiary/aromatic N) is 1. The Kier molecular flexibility index (Phi) is 6.87. The molecule has 0 fully saturated rings. The van der Waals surface area contributed by atoms with Crippen molar-refractivity contribution in [3.05, 3.63) is 89.0 Å². The van der Waals surface area contributed by atoms with Gasteiger partial charge in [0.1, 0.15) is 0 Å². The fraction of sp³-hybridized carbons (Fsp3) is 0.100. The molecule has 0 aliphatic heterocycles. The molecule has 25 heavy (non-hydrogen) atoms. The fourth-order valence-corrected chi connectivity index (χ4v) is 2.78. The Morgan fingerprint density at radius 3 is 2.60 bits per heavy atom. The van der Waals surface area contributed by atoms with E-state index in [2.05, 4.69) is 11.9 Å². The average molecular weight is 349 g/mol. The summed E-state index contributed by atoms with van der Waals surface area (Å²) in [5, 5.41) is 13.6. The van der Waals surface area contributed by atoms with Crippen molar-refractivity contribution >= 4 is 22.6 Å². The smallest absolute Gasteiger partial charge is 0.252 e. The molecule has 0 aromatic heterocycles. The van der Waals surface area contributed by atoms with Crippen LogP contribution in [0.15, 0.2) is 72.3 Å². The first-order valence-corrected chi connectivity index (χ1v) is 8.62. The molecule has 0 aliphatic rings. The number of nitrogens with two attached hydrogens (primary N) is 1. The molecule has 0 atom stereocenters. The number of nitrogens with one attached hydrogen (secondary N) is 1. The quantitative estimate of drug-likeness (QED) is 0.795. The first kappa shape index (κ1) is 18.4. The Hall–Kier alpha value is -2.97. The molecule has 2 rings (SSSR count). The highest BCUT2D eigenvalue weighted by atomic mass is 32.2. The maximum Gasteiger partial charge on any atom is 0.252 e. The van der Waals surface area contributed by atoms with Crippen molar-refractivity contribution in [3.63, 3.8) is 0 Å². The minimum atomic E-state index is -0.272. The minimum absolute atomic E-state index is 0.272. The zero-order chi connectivity index (χ0) is 18.1. The highest BCUT2D eigenvalue weighted by molar-refractivity contribution is 8.10. The van der Waals surface area contributed by atoms with Crippen LogP contribution in [-0.2, 0) is 0 Å². The molecule has 0 saturated carbocycles. The van der Waals surface area contributed by atoms with Crippen molar-refractivity contribution in [2.75, 3.05) is 6.54 Å². The number of carbonyl (C=O) groups excluding carboxylic acids is 1. The van der Waals surface area contributed by atoms with Gasteiger partial charge in [-0.1, -0.05) is 60.8 Å². The van der Waals surface area contributed by atoms with E-state index in [1.807, 2.05) is 41.8 Å². The number of carbonyl (C=O) groups is 1. The molecule has 1 amide bonds. The molecule has 0 bridgehead atoms. The van der Waals surface area contributed by atoms with Crippen LogP contribution in [0.1, 0.15) is 27.9 Å². The summed E-state index contributed by atoms with van der Waals surface area (Å²) in [6.45, 7) is 4.43. The summed E-state index contributed by atoms with van der Waals surface area (Å²) in [6.07, 6.45) is 0.523. The molecule has 3 N–H and O–H groups in total. The maximum atomic E-state index is 12.1. The van der Waals surface area contributed by atoms with Crippen LogP contribution >= 0.6 is 11.8 Å². The van der Waals surface area contributed by atoms with Crippen LogP contribution in [0.5, 0.6) is 0 Å². The number of benzene rings is 2. The highest BCUT2D eigenvalue weighted by Gasteiger charge is 2.09. The van der Waals surface area contributed by atoms with Crippen molar-refractivity contribution in [3.8, 4) is 6.07 Å². The molecule has 0 spiro atoms. The van der Waals surface area contributed by atoms with Crippen LogP contribution in [0.25, 0.3) is 4.91 Å². The van der Waals surface area contributed by atoms with Gasteiger partial charge in [0.15, 0.2) is 0 Å². The molecular weight excluding hydrogens is 330 g/mol. The lowest BCUT2D eigenvalue weighted by atomic mass is 10.1. The highest BCUT2D eigenvalue weighted by Crippen LogP contribution is 2.26. The molecule has 2 aromatic carbocycles. The number of amides is 1. The maximum absolute atomic E-state index is 12.1. The van der Waals surface area contributed by atoms with Crippen molar-refractivity contribution in [2.24, 2.45) is 5.73 Å². The van der Waals surface area contributed by atoms with Crippen LogP contribution in [-0.4, -0.2) is 12.5 Å². The predicted octanol–water partition coefficient (Wildman–Crippen LogP) is 3.88. The van der Waals surface area contributed by atoms with E-state index in [1.165, 1.54) is 11.8 Å². The molecule has 4 nitrogen and oxygen atoms in total. The van der Waals surface area contributed by atoms with Crippen LogP contribution in [0.4, 0.5) is 0 Å². The summed E-state index contributed by atoms with van der Waals surface area (Å²) >= 11 is 1.46. The Morgan fingerprint density at radius 2 is 1.88 bits per heavy atom. The molecule has 0 aliphatic carbocycles. The predicted molar refractivity (Wildman–Crippen MR) is 103 cm³/mol. The van der Waals surface area contributed by atoms with Gasteiger partial charge < -0.3 is 11.1 Å². The largest absolute Gasteiger partial charge is 0.402 e. The molecule has 0 radical (unpaired) electrons. The number of hydrogen-bond acceptors (Lipinski definition) is 4. The van der Waals surface area contributed by atoms with E-state index in [4.69, 9.17) is 11.0 Å². The van der Waals surface area contributed by atoms with Gasteiger partial charge in [-0.2, -0.15) is 5.26 Å². The zero-order valence-corrected chi connectivity index (χ0v) is 14.6. The summed E-state index contributed by atoms with van der Waals surface area (Å²) in [5.74, 6) is -0.272. The van der Waals surface area contributed by atoms with Crippen molar-refractivity contribution < 1.29 is 4.79 Å². The topological polar surface area (TPSA) is 78.9 Å². The summed E-state index contributed by atoms with van der Waals surface area (Å²) in [7, 11) is 0. The Morgan fingerprint density at radius 1 is 1.20 bits per heavy atom. The molecule has 0 saturated heterocycles. The van der Waals surface area contributed by atoms with Crippen LogP contribution < -0.4 is 11.1 Å². The van der Waals surface area contributed by atoms with Gasteiger partial charge in [-0.25, -0.2) is 0 Å². The van der Waals surface area contributed by atoms with Gasteiger partial charge in [-0.05, 0) is 23.1 Å². The van der Waals surface area contributed by atoms with Gasteiger partial charge in [-0.3, -0.25) is 4.79 Å². The average Bonchev–Trinajstić information content (AvgIpc) is 2.66. The van der Waals surface area contributed by atoms with Crippen LogP contribution in [0.2, 0.25) is 0 Å². The van der Waals surface area contributed by atoms with Crippen molar-refractivity contribution in [1.82, 2.24) is 5.32 Å². The fourth-order valence-electron chi connectivity index (χ4n) is 2.09. The summed E-state index contributed by atoms with van der Waals surface area (Å²) in [5.41, 5.74) is 8.43. The number of rotatable bonds is 7. The lowest BCUT2D eigenvalue weighted by Gasteiger charge is -2.07. The molecular formula is C20H19N3OS. The van der Waals surface area contributed by atoms with E-state index < -0.39 is 0 Å². The van der Waals surface area contributed by atoms with Crippen LogP contribution in [0, 0.1) is 11.3 Å². The number of thioether (sulfide) groups is 1. The van der Waals surface area contributed by atoms with E-state index >= 15 is 0 Å². The Bertz CT molecular complexity index is 822. The first-order valence-electron chi connectivity index (χ1n) is 7.74. The number of nitriles is 1. The van der Waals surface area contributed by atoms with Crippen molar-refractivity contribution in [1.29, 1.82) is 5.26 Å². The van der Waals surface area contributed by atoms with E-state index in [0.29, 0.717) is 29.8 Å². The van der Waals surface area contributed by atoms with Gasteiger partial charge in [0.25, 0.3) is 5.91 Å². The Balaban J connectivity index is 1.82. The lowest BCUT2D eigenvalue weighted by molar-refractivity contribution is 0.0954. The molecule has 2 aromatic rings. The van der Waals surface area contributed by atoms with Gasteiger partial charge >= 0.3 is 0 Å². The summed E-state index contributed by atoms with van der Waals surface area (Å²) in [6, 6.07) is 18.6. The normalized spacial score (nSPS) is 10.8. The summed E-state index contributed by atoms with van der Waals surface area (Å²) in [4.78, 5) is 13.0. The van der Waals surface area contributed by atoms with E-state index in [9.17, 15) is 4.79 Å². The second-order valence-corrected chi connectivity index (χ2v) is 6.23. The SMILES string of the molecule is C=C(S/C=C(\N)CCNC(=O)c1ccccc1C#N)c1ccccc1. The van der Waals surface area contributed by atoms with Crippen LogP contribution in [0.3, 0.4) is 0 Å². The van der Waals surface area contributed by atoms with Gasteiger partial charge in [-0.15, -0.1) is 0 Å². The monoisotopic (exact) mass is 349 g/mol. The molecule has 0 unspecified atom stereocenters. The van der Waals surface area contributed by atoms with Crippen molar-refractivity contribution in [2.45, 2.75) is 6.42 Å². The van der Waals surface area contributed by atoms with E-state index in [0.717, 1.165) is 10.5 Å². The lowest BCUT2D eigenvalue weighted by Crippen LogP contribution is -2.26. The third kappa shape index (κ3) is 5.55. The van der Waals surface area contributed by atoms with E-state index in [-0.39, 0.29) is 5.91 Å². The number of hydrogen-bond donors (Lipinski definition) is 2. The third-order valence-electron chi connectivity index (χ3n) is 3.44. The second-order valence-electron chi connectivity index (χ2n) is 5.26. The van der Waals surface area contributed by atoms with E-state index in [1.54, 1.807) is 24.3 Å². The summed E-state index contributed by atoms with van der Waals surface area (Å²) < 4.78 is 0. The minimum Gasteiger partial charge on any atom is -0.402 e. The van der Waals surface area contributed by atoms with Gasteiger partial charge in [0.2, 0.25) is 0 Å². The van der Waals surface area contributed by atoms with Gasteiger partial charge in [0.05, 0.1) is 17.2 Å². The third-order valence-corrected chi connectivity index (χ3v) is 4.38. The molecule has 5 heteroatoms.